The number of ether oxygens (including phenoxy) is 4. The van der Waals surface area contributed by atoms with Gasteiger partial charge in [-0.2, -0.15) is 0 Å². The summed E-state index contributed by atoms with van der Waals surface area (Å²) >= 11 is 0. The molecule has 2 amide bonds. The van der Waals surface area contributed by atoms with Crippen molar-refractivity contribution in [3.63, 3.8) is 0 Å². The number of carbonyl (C=O) groups is 2. The Morgan fingerprint density at radius 3 is 1.92 bits per heavy atom. The molecule has 2 aromatic rings. The van der Waals surface area contributed by atoms with Gasteiger partial charge in [0.05, 0.1) is 62.0 Å². The second-order valence-electron chi connectivity index (χ2n) is 13.0. The van der Waals surface area contributed by atoms with E-state index < -0.39 is 0 Å². The molecule has 7 rings (SSSR count). The number of rotatable bonds is 12. The molecule has 4 heterocycles. The Morgan fingerprint density at radius 1 is 0.840 bits per heavy atom. The maximum atomic E-state index is 13.7. The molecular formula is C39H41N5O6. The van der Waals surface area contributed by atoms with Gasteiger partial charge in [-0.25, -0.2) is 0 Å². The summed E-state index contributed by atoms with van der Waals surface area (Å²) in [5.74, 6) is 2.23. The molecule has 0 saturated heterocycles. The Morgan fingerprint density at radius 2 is 1.40 bits per heavy atom. The lowest BCUT2D eigenvalue weighted by Gasteiger charge is -2.19. The molecule has 1 aliphatic carbocycles. The normalized spacial score (nSPS) is 21.0. The van der Waals surface area contributed by atoms with Gasteiger partial charge >= 0.3 is 0 Å². The molecule has 0 bridgehead atoms. The van der Waals surface area contributed by atoms with Crippen LogP contribution in [-0.4, -0.2) is 73.6 Å². The Kier molecular flexibility index (Phi) is 9.05. The van der Waals surface area contributed by atoms with Crippen molar-refractivity contribution in [1.29, 1.82) is 0 Å². The van der Waals surface area contributed by atoms with E-state index in [4.69, 9.17) is 24.7 Å². The van der Waals surface area contributed by atoms with Crippen LogP contribution in [0.5, 0.6) is 23.0 Å². The van der Waals surface area contributed by atoms with Crippen molar-refractivity contribution < 1.29 is 28.5 Å². The van der Waals surface area contributed by atoms with Gasteiger partial charge in [0.2, 0.25) is 0 Å². The van der Waals surface area contributed by atoms with E-state index in [1.54, 1.807) is 53.5 Å². The lowest BCUT2D eigenvalue weighted by atomic mass is 10.0. The number of allylic oxidation sites excluding steroid dienone is 5. The predicted octanol–water partition coefficient (Wildman–Crippen LogP) is 6.57. The van der Waals surface area contributed by atoms with Gasteiger partial charge in [-0.05, 0) is 67.0 Å². The Labute approximate surface area is 291 Å². The molecular weight excluding hydrogens is 634 g/mol. The van der Waals surface area contributed by atoms with E-state index in [-0.39, 0.29) is 23.9 Å². The first kappa shape index (κ1) is 32.9. The van der Waals surface area contributed by atoms with E-state index in [0.717, 1.165) is 17.6 Å². The van der Waals surface area contributed by atoms with E-state index in [1.807, 2.05) is 37.7 Å². The van der Waals surface area contributed by atoms with Gasteiger partial charge in [0, 0.05) is 55.5 Å². The minimum absolute atomic E-state index is 0.0598. The van der Waals surface area contributed by atoms with Crippen LogP contribution in [0.1, 0.15) is 59.7 Å². The number of nitrogens with two attached hydrogens (primary N) is 1. The molecule has 11 heteroatoms. The van der Waals surface area contributed by atoms with Gasteiger partial charge in [0.1, 0.15) is 0 Å². The van der Waals surface area contributed by atoms with Crippen molar-refractivity contribution in [2.24, 2.45) is 21.6 Å². The molecule has 2 atom stereocenters. The molecule has 0 radical (unpaired) electrons. The van der Waals surface area contributed by atoms with Crippen LogP contribution >= 0.6 is 0 Å². The number of amides is 2. The highest BCUT2D eigenvalue weighted by atomic mass is 16.5. The summed E-state index contributed by atoms with van der Waals surface area (Å²) in [6, 6.07) is 6.60. The summed E-state index contributed by atoms with van der Waals surface area (Å²) in [5.41, 5.74) is 11.7. The van der Waals surface area contributed by atoms with Crippen molar-refractivity contribution in [1.82, 2.24) is 9.80 Å². The molecule has 0 aromatic heterocycles. The SMILES string of the molecule is C=C/C(=C\C=C(/C)N)C1=CN2C(=O)c3cc(OC)c(OCCCOc4cc5c(cc4OC)C(=O)N4C=C(C6CC6)C[C@H]4C=N5)cc3N=C[C@@H]2C1. The first-order valence-corrected chi connectivity index (χ1v) is 16.9. The Balaban J connectivity index is 0.996. The fourth-order valence-electron chi connectivity index (χ4n) is 6.65. The van der Waals surface area contributed by atoms with Crippen LogP contribution in [0.2, 0.25) is 0 Å². The molecule has 0 unspecified atom stereocenters. The highest BCUT2D eigenvalue weighted by Crippen LogP contribution is 2.44. The molecule has 50 heavy (non-hydrogen) atoms. The third-order valence-corrected chi connectivity index (χ3v) is 9.48. The summed E-state index contributed by atoms with van der Waals surface area (Å²) in [6.45, 7) is 6.38. The zero-order valence-electron chi connectivity index (χ0n) is 28.6. The standard InChI is InChI=1S/C39H41N5O6/c1-5-24(8-7-23(2)40)26-13-28-19-41-32-17-36(34(47-3)15-30(32)38(45)43(28)21-26)49-11-6-12-50-37-18-33-31(16-35(37)48-4)39(46)44-22-27(25-9-10-25)14-29(44)20-42-33/h5,7-8,15-22,25,28-29H,1,6,9-14,40H2,2-4H3/b23-7+,24-8+/t28-,29-/m0/s1. The number of methoxy groups -OCH3 is 2. The monoisotopic (exact) mass is 675 g/mol. The summed E-state index contributed by atoms with van der Waals surface area (Å²) in [5, 5.41) is 0. The first-order valence-electron chi connectivity index (χ1n) is 16.9. The summed E-state index contributed by atoms with van der Waals surface area (Å²) < 4.78 is 23.4. The maximum Gasteiger partial charge on any atom is 0.260 e. The Bertz CT molecular complexity index is 1930. The van der Waals surface area contributed by atoms with E-state index in [1.165, 1.54) is 25.5 Å². The smallest absolute Gasteiger partial charge is 0.260 e. The maximum absolute atomic E-state index is 13.7. The second-order valence-corrected chi connectivity index (χ2v) is 13.0. The number of fused-ring (bicyclic) bond motifs is 4. The molecule has 258 valence electrons. The van der Waals surface area contributed by atoms with Crippen LogP contribution in [0.4, 0.5) is 11.4 Å². The third kappa shape index (κ3) is 6.43. The largest absolute Gasteiger partial charge is 0.493 e. The third-order valence-electron chi connectivity index (χ3n) is 9.48. The number of aliphatic imine (C=N–C) groups is 2. The second kappa shape index (κ2) is 13.7. The van der Waals surface area contributed by atoms with Gasteiger partial charge in [0.25, 0.3) is 11.8 Å². The lowest BCUT2D eigenvalue weighted by Crippen LogP contribution is -2.32. The molecule has 2 N–H and O–H groups in total. The summed E-state index contributed by atoms with van der Waals surface area (Å²) in [4.78, 5) is 40.0. The van der Waals surface area contributed by atoms with Crippen LogP contribution < -0.4 is 24.7 Å². The number of nitrogens with zero attached hydrogens (tertiary/aromatic N) is 4. The highest BCUT2D eigenvalue weighted by molar-refractivity contribution is 6.05. The molecule has 1 saturated carbocycles. The zero-order valence-corrected chi connectivity index (χ0v) is 28.6. The fraction of sp³-hybridized carbons (Fsp3) is 0.333. The van der Waals surface area contributed by atoms with Gasteiger partial charge in [-0.15, -0.1) is 0 Å². The lowest BCUT2D eigenvalue weighted by molar-refractivity contribution is 0.0809. The van der Waals surface area contributed by atoms with Crippen molar-refractivity contribution >= 4 is 35.6 Å². The highest BCUT2D eigenvalue weighted by Gasteiger charge is 2.38. The molecule has 4 aliphatic heterocycles. The van der Waals surface area contributed by atoms with Crippen LogP contribution in [0, 0.1) is 5.92 Å². The fourth-order valence-corrected chi connectivity index (χ4v) is 6.65. The van der Waals surface area contributed by atoms with Crippen LogP contribution in [0.15, 0.2) is 93.9 Å². The van der Waals surface area contributed by atoms with Crippen molar-refractivity contribution in [3.05, 3.63) is 95.0 Å². The van der Waals surface area contributed by atoms with E-state index in [2.05, 4.69) is 16.6 Å². The summed E-state index contributed by atoms with van der Waals surface area (Å²) in [7, 11) is 3.09. The summed E-state index contributed by atoms with van der Waals surface area (Å²) in [6.07, 6.45) is 17.4. The minimum Gasteiger partial charge on any atom is -0.493 e. The van der Waals surface area contributed by atoms with Crippen molar-refractivity contribution in [2.45, 2.75) is 51.1 Å². The van der Waals surface area contributed by atoms with Gasteiger partial charge < -0.3 is 34.5 Å². The van der Waals surface area contributed by atoms with Gasteiger partial charge in [0.15, 0.2) is 23.0 Å². The number of benzene rings is 2. The average Bonchev–Trinajstić information content (AvgIpc) is 3.80. The molecule has 11 nitrogen and oxygen atoms in total. The van der Waals surface area contributed by atoms with Crippen LogP contribution in [0.3, 0.4) is 0 Å². The Hall–Kier alpha value is -5.58. The number of hydrogen-bond acceptors (Lipinski definition) is 9. The van der Waals surface area contributed by atoms with E-state index >= 15 is 0 Å². The minimum atomic E-state index is -0.230. The molecule has 0 spiro atoms. The van der Waals surface area contributed by atoms with Crippen molar-refractivity contribution in [2.75, 3.05) is 27.4 Å². The molecule has 2 aromatic carbocycles. The quantitative estimate of drug-likeness (QED) is 0.199. The topological polar surface area (TPSA) is 128 Å². The van der Waals surface area contributed by atoms with Crippen LogP contribution in [-0.2, 0) is 0 Å². The number of hydrogen-bond donors (Lipinski definition) is 1. The van der Waals surface area contributed by atoms with Gasteiger partial charge in [-0.3, -0.25) is 19.6 Å². The first-order chi connectivity index (χ1) is 24.3. The van der Waals surface area contributed by atoms with Gasteiger partial charge in [-0.1, -0.05) is 18.7 Å². The van der Waals surface area contributed by atoms with Crippen molar-refractivity contribution in [3.8, 4) is 23.0 Å². The molecule has 5 aliphatic rings. The predicted molar refractivity (Wildman–Crippen MR) is 192 cm³/mol. The average molecular weight is 676 g/mol. The molecule has 1 fully saturated rings. The zero-order chi connectivity index (χ0) is 34.9. The van der Waals surface area contributed by atoms with E-state index in [0.29, 0.717) is 83.2 Å². The van der Waals surface area contributed by atoms with Crippen LogP contribution in [0.25, 0.3) is 0 Å². The van der Waals surface area contributed by atoms with E-state index in [9.17, 15) is 9.59 Å². The number of carbonyl (C=O) groups excluding carboxylic acids is 2.